The van der Waals surface area contributed by atoms with Crippen LogP contribution in [0.2, 0.25) is 5.02 Å². The number of amides is 2. The van der Waals surface area contributed by atoms with Crippen LogP contribution in [0.1, 0.15) is 48.9 Å². The summed E-state index contributed by atoms with van der Waals surface area (Å²) in [6.07, 6.45) is 5.55. The van der Waals surface area contributed by atoms with Gasteiger partial charge in [0.05, 0.1) is 17.7 Å². The topological polar surface area (TPSA) is 50.4 Å². The first-order chi connectivity index (χ1) is 13.5. The number of fused-ring (bicyclic) bond motifs is 1. The molecule has 1 unspecified atom stereocenters. The van der Waals surface area contributed by atoms with Crippen LogP contribution in [0.15, 0.2) is 40.9 Å². The van der Waals surface area contributed by atoms with Gasteiger partial charge >= 0.3 is 6.03 Å². The molecule has 0 aromatic heterocycles. The van der Waals surface area contributed by atoms with Crippen LogP contribution in [0.3, 0.4) is 0 Å². The first kappa shape index (κ1) is 21.0. The molecule has 1 atom stereocenters. The molecule has 150 valence electrons. The van der Waals surface area contributed by atoms with E-state index in [1.807, 2.05) is 19.1 Å². The van der Waals surface area contributed by atoms with E-state index >= 15 is 0 Å². The number of carbonyl (C=O) groups is 1. The predicted molar refractivity (Wildman–Crippen MR) is 117 cm³/mol. The second-order valence-electron chi connectivity index (χ2n) is 7.13. The van der Waals surface area contributed by atoms with E-state index in [9.17, 15) is 4.79 Å². The van der Waals surface area contributed by atoms with Crippen LogP contribution in [0.5, 0.6) is 5.75 Å². The molecular formula is C22H26BrClN2O2. The lowest BCUT2D eigenvalue weighted by Gasteiger charge is -2.20. The number of ether oxygens (including phenoxy) is 1. The van der Waals surface area contributed by atoms with Gasteiger partial charge in [0, 0.05) is 11.0 Å². The Morgan fingerprint density at radius 3 is 2.75 bits per heavy atom. The number of rotatable bonds is 7. The van der Waals surface area contributed by atoms with Crippen molar-refractivity contribution in [1.82, 2.24) is 10.6 Å². The summed E-state index contributed by atoms with van der Waals surface area (Å²) in [5.41, 5.74) is 4.04. The van der Waals surface area contributed by atoms with Crippen molar-refractivity contribution in [2.45, 2.75) is 45.1 Å². The molecule has 1 aliphatic carbocycles. The average molecular weight is 466 g/mol. The molecule has 2 amide bonds. The zero-order chi connectivity index (χ0) is 19.9. The second kappa shape index (κ2) is 10.2. The summed E-state index contributed by atoms with van der Waals surface area (Å²) in [6.45, 7) is 3.04. The quantitative estimate of drug-likeness (QED) is 0.507. The first-order valence-electron chi connectivity index (χ1n) is 9.77. The Morgan fingerprint density at radius 2 is 1.96 bits per heavy atom. The van der Waals surface area contributed by atoms with E-state index < -0.39 is 0 Å². The van der Waals surface area contributed by atoms with Crippen molar-refractivity contribution in [3.8, 4) is 5.75 Å². The van der Waals surface area contributed by atoms with Gasteiger partial charge in [-0.2, -0.15) is 0 Å². The molecule has 0 spiro atoms. The van der Waals surface area contributed by atoms with Gasteiger partial charge in [-0.1, -0.05) is 45.7 Å². The fraction of sp³-hybridized carbons (Fsp3) is 0.409. The standard InChI is InChI=1S/C22H26BrClN2O2/c1-15(17-8-7-16-5-2-3-6-18(16)13-17)26-22(27)25-11-4-12-28-21-10-9-19(23)14-20(21)24/h7-10,13-15H,2-6,11-12H2,1H3,(H2,25,26,27). The van der Waals surface area contributed by atoms with Crippen molar-refractivity contribution in [2.75, 3.05) is 13.2 Å². The molecule has 0 fully saturated rings. The third kappa shape index (κ3) is 5.89. The third-order valence-electron chi connectivity index (χ3n) is 4.98. The number of hydrogen-bond acceptors (Lipinski definition) is 2. The van der Waals surface area contributed by atoms with Gasteiger partial charge in [0.25, 0.3) is 0 Å². The molecule has 0 saturated heterocycles. The Morgan fingerprint density at radius 1 is 1.18 bits per heavy atom. The summed E-state index contributed by atoms with van der Waals surface area (Å²) >= 11 is 9.48. The number of urea groups is 1. The Hall–Kier alpha value is -1.72. The molecule has 0 aliphatic heterocycles. The van der Waals surface area contributed by atoms with Crippen molar-refractivity contribution in [1.29, 1.82) is 0 Å². The lowest BCUT2D eigenvalue weighted by Crippen LogP contribution is -2.37. The van der Waals surface area contributed by atoms with Gasteiger partial charge in [-0.05, 0) is 73.9 Å². The Bertz CT molecular complexity index is 828. The molecular weight excluding hydrogens is 440 g/mol. The van der Waals surface area contributed by atoms with Crippen LogP contribution >= 0.6 is 27.5 Å². The van der Waals surface area contributed by atoms with Gasteiger partial charge < -0.3 is 15.4 Å². The zero-order valence-corrected chi connectivity index (χ0v) is 18.4. The highest BCUT2D eigenvalue weighted by Gasteiger charge is 2.14. The smallest absolute Gasteiger partial charge is 0.315 e. The van der Waals surface area contributed by atoms with Crippen LogP contribution in [0, 0.1) is 0 Å². The molecule has 0 heterocycles. The van der Waals surface area contributed by atoms with Gasteiger partial charge in [0.15, 0.2) is 0 Å². The number of benzene rings is 2. The fourth-order valence-electron chi connectivity index (χ4n) is 3.40. The molecule has 0 saturated carbocycles. The van der Waals surface area contributed by atoms with Gasteiger partial charge in [0.1, 0.15) is 5.75 Å². The minimum Gasteiger partial charge on any atom is -0.492 e. The molecule has 4 nitrogen and oxygen atoms in total. The van der Waals surface area contributed by atoms with E-state index in [0.29, 0.717) is 30.3 Å². The van der Waals surface area contributed by atoms with E-state index in [2.05, 4.69) is 44.8 Å². The normalized spacial score (nSPS) is 14.1. The maximum atomic E-state index is 12.2. The van der Waals surface area contributed by atoms with Crippen LogP contribution in [0.25, 0.3) is 0 Å². The number of hydrogen-bond donors (Lipinski definition) is 2. The van der Waals surface area contributed by atoms with Crippen molar-refractivity contribution in [2.24, 2.45) is 0 Å². The van der Waals surface area contributed by atoms with E-state index in [-0.39, 0.29) is 12.1 Å². The summed E-state index contributed by atoms with van der Waals surface area (Å²) < 4.78 is 6.57. The molecule has 0 radical (unpaired) electrons. The third-order valence-corrected chi connectivity index (χ3v) is 5.77. The van der Waals surface area contributed by atoms with E-state index in [0.717, 1.165) is 16.5 Å². The van der Waals surface area contributed by atoms with Crippen molar-refractivity contribution in [3.63, 3.8) is 0 Å². The minimum atomic E-state index is -0.160. The van der Waals surface area contributed by atoms with Gasteiger partial charge in [-0.15, -0.1) is 0 Å². The number of aryl methyl sites for hydroxylation is 2. The van der Waals surface area contributed by atoms with Crippen LogP contribution in [0.4, 0.5) is 4.79 Å². The highest BCUT2D eigenvalue weighted by Crippen LogP contribution is 2.28. The largest absolute Gasteiger partial charge is 0.492 e. The van der Waals surface area contributed by atoms with Crippen molar-refractivity contribution >= 4 is 33.6 Å². The minimum absolute atomic E-state index is 0.0231. The summed E-state index contributed by atoms with van der Waals surface area (Å²) in [5.74, 6) is 0.648. The lowest BCUT2D eigenvalue weighted by atomic mass is 9.89. The Balaban J connectivity index is 1.38. The van der Waals surface area contributed by atoms with Gasteiger partial charge in [-0.3, -0.25) is 0 Å². The Kier molecular flexibility index (Phi) is 7.63. The highest BCUT2D eigenvalue weighted by atomic mass is 79.9. The first-order valence-corrected chi connectivity index (χ1v) is 10.9. The summed E-state index contributed by atoms with van der Waals surface area (Å²) in [4.78, 5) is 12.2. The predicted octanol–water partition coefficient (Wildman–Crippen LogP) is 5.81. The second-order valence-corrected chi connectivity index (χ2v) is 8.46. The van der Waals surface area contributed by atoms with Gasteiger partial charge in [0.2, 0.25) is 0 Å². The summed E-state index contributed by atoms with van der Waals surface area (Å²) in [5, 5.41) is 6.46. The van der Waals surface area contributed by atoms with Crippen LogP contribution < -0.4 is 15.4 Å². The van der Waals surface area contributed by atoms with E-state index in [1.165, 1.54) is 30.4 Å². The van der Waals surface area contributed by atoms with Crippen molar-refractivity contribution < 1.29 is 9.53 Å². The molecule has 1 aliphatic rings. The molecule has 2 aromatic rings. The maximum Gasteiger partial charge on any atom is 0.315 e. The summed E-state index contributed by atoms with van der Waals surface area (Å²) in [6, 6.07) is 11.9. The number of halogens is 2. The highest BCUT2D eigenvalue weighted by molar-refractivity contribution is 9.10. The average Bonchev–Trinajstić information content (AvgIpc) is 2.68. The maximum absolute atomic E-state index is 12.2. The van der Waals surface area contributed by atoms with Gasteiger partial charge in [-0.25, -0.2) is 4.79 Å². The van der Waals surface area contributed by atoms with Crippen LogP contribution in [-0.2, 0) is 12.8 Å². The molecule has 2 aromatic carbocycles. The number of carbonyl (C=O) groups excluding carboxylic acids is 1. The summed E-state index contributed by atoms with van der Waals surface area (Å²) in [7, 11) is 0. The lowest BCUT2D eigenvalue weighted by molar-refractivity contribution is 0.236. The molecule has 6 heteroatoms. The fourth-order valence-corrected chi connectivity index (χ4v) is 4.13. The molecule has 0 bridgehead atoms. The molecule has 3 rings (SSSR count). The SMILES string of the molecule is CC(NC(=O)NCCCOc1ccc(Br)cc1Cl)c1ccc2c(c1)CCCC2. The van der Waals surface area contributed by atoms with Crippen molar-refractivity contribution in [3.05, 3.63) is 62.6 Å². The molecule has 2 N–H and O–H groups in total. The van der Waals surface area contributed by atoms with Crippen LogP contribution in [-0.4, -0.2) is 19.2 Å². The Labute approximate surface area is 180 Å². The number of nitrogens with one attached hydrogen (secondary N) is 2. The van der Waals surface area contributed by atoms with E-state index in [4.69, 9.17) is 16.3 Å². The molecule has 28 heavy (non-hydrogen) atoms. The zero-order valence-electron chi connectivity index (χ0n) is 16.1. The monoisotopic (exact) mass is 464 g/mol. The van der Waals surface area contributed by atoms with E-state index in [1.54, 1.807) is 6.07 Å².